The Balaban J connectivity index is 1.64. The van der Waals surface area contributed by atoms with E-state index in [0.717, 1.165) is 38.0 Å². The van der Waals surface area contributed by atoms with Crippen LogP contribution in [0.15, 0.2) is 48.5 Å². The van der Waals surface area contributed by atoms with Crippen molar-refractivity contribution in [1.29, 1.82) is 5.26 Å². The molecule has 1 fully saturated rings. The Hall–Kier alpha value is -3.37. The highest BCUT2D eigenvalue weighted by atomic mass is 16.5. The second kappa shape index (κ2) is 10.8. The molecule has 0 radical (unpaired) electrons. The second-order valence-corrected chi connectivity index (χ2v) is 8.53. The molecule has 0 spiro atoms. The molecule has 2 aromatic rings. The van der Waals surface area contributed by atoms with Gasteiger partial charge in [-0.25, -0.2) is 0 Å². The molecule has 3 N–H and O–H groups in total. The van der Waals surface area contributed by atoms with E-state index in [2.05, 4.69) is 16.3 Å². The summed E-state index contributed by atoms with van der Waals surface area (Å²) in [5.41, 5.74) is 7.59. The number of nitrogens with one attached hydrogen (secondary N) is 1. The first kappa shape index (κ1) is 23.3. The smallest absolute Gasteiger partial charge is 0.265 e. The number of primary amides is 1. The van der Waals surface area contributed by atoms with Crippen LogP contribution in [0.3, 0.4) is 0 Å². The zero-order chi connectivity index (χ0) is 23.1. The van der Waals surface area contributed by atoms with Gasteiger partial charge in [0.1, 0.15) is 11.8 Å². The summed E-state index contributed by atoms with van der Waals surface area (Å²) in [6.07, 6.45) is 0.827. The molecule has 3 rings (SSSR count). The monoisotopic (exact) mass is 434 g/mol. The topological polar surface area (TPSA) is 108 Å². The van der Waals surface area contributed by atoms with Crippen molar-refractivity contribution in [2.45, 2.75) is 39.3 Å². The van der Waals surface area contributed by atoms with Gasteiger partial charge < -0.3 is 15.8 Å². The van der Waals surface area contributed by atoms with Gasteiger partial charge in [0.2, 0.25) is 5.91 Å². The lowest BCUT2D eigenvalue weighted by molar-refractivity contribution is -0.124. The van der Waals surface area contributed by atoms with Crippen molar-refractivity contribution in [1.82, 2.24) is 4.90 Å². The number of anilines is 1. The van der Waals surface area contributed by atoms with E-state index in [0.29, 0.717) is 17.0 Å². The number of para-hydroxylation sites is 1. The zero-order valence-corrected chi connectivity index (χ0v) is 18.6. The number of nitriles is 1. The van der Waals surface area contributed by atoms with Gasteiger partial charge in [0, 0.05) is 18.2 Å². The van der Waals surface area contributed by atoms with Gasteiger partial charge >= 0.3 is 0 Å². The highest BCUT2D eigenvalue weighted by Gasteiger charge is 2.26. The van der Waals surface area contributed by atoms with Crippen molar-refractivity contribution < 1.29 is 14.3 Å². The summed E-state index contributed by atoms with van der Waals surface area (Å²) in [6.45, 7) is 6.21. The maximum absolute atomic E-state index is 13.0. The Morgan fingerprint density at radius 3 is 2.56 bits per heavy atom. The molecule has 2 aromatic carbocycles. The third-order valence-electron chi connectivity index (χ3n) is 5.72. The standard InChI is InChI=1S/C25H30N4O3/c1-17(2)23(32-22-9-4-3-7-20(22)15-26)25(31)28-21-8-5-6-18(14-21)16-29-12-10-19(11-13-29)24(27)30/h3-9,14,17,19,23H,10-13,16H2,1-2H3,(H2,27,30)(H,28,31). The second-order valence-electron chi connectivity index (χ2n) is 8.53. The van der Waals surface area contributed by atoms with Gasteiger partial charge in [-0.15, -0.1) is 0 Å². The summed E-state index contributed by atoms with van der Waals surface area (Å²) in [5.74, 6) is -0.190. The third kappa shape index (κ3) is 6.08. The highest BCUT2D eigenvalue weighted by molar-refractivity contribution is 5.94. The number of benzene rings is 2. The molecule has 1 atom stereocenters. The number of piperidine rings is 1. The lowest BCUT2D eigenvalue weighted by Gasteiger charge is -2.30. The van der Waals surface area contributed by atoms with Crippen LogP contribution in [0.2, 0.25) is 0 Å². The molecule has 1 unspecified atom stereocenters. The van der Waals surface area contributed by atoms with Crippen LogP contribution in [-0.4, -0.2) is 35.9 Å². The molecule has 0 saturated carbocycles. The number of hydrogen-bond donors (Lipinski definition) is 2. The zero-order valence-electron chi connectivity index (χ0n) is 18.6. The molecule has 0 aliphatic carbocycles. The van der Waals surface area contributed by atoms with Gasteiger partial charge in [0.25, 0.3) is 5.91 Å². The SMILES string of the molecule is CC(C)C(Oc1ccccc1C#N)C(=O)Nc1cccc(CN2CCC(C(N)=O)CC2)c1. The lowest BCUT2D eigenvalue weighted by Crippen LogP contribution is -2.38. The first-order chi connectivity index (χ1) is 15.4. The van der Waals surface area contributed by atoms with Crippen LogP contribution >= 0.6 is 0 Å². The predicted octanol–water partition coefficient (Wildman–Crippen LogP) is 3.30. The molecule has 7 heteroatoms. The van der Waals surface area contributed by atoms with Crippen LogP contribution in [0.1, 0.15) is 37.8 Å². The lowest BCUT2D eigenvalue weighted by atomic mass is 9.96. The van der Waals surface area contributed by atoms with Crippen LogP contribution in [0.5, 0.6) is 5.75 Å². The fraction of sp³-hybridized carbons (Fsp3) is 0.400. The fourth-order valence-electron chi connectivity index (χ4n) is 3.89. The number of rotatable bonds is 8. The molecule has 1 saturated heterocycles. The highest BCUT2D eigenvalue weighted by Crippen LogP contribution is 2.23. The van der Waals surface area contributed by atoms with Gasteiger partial charge in [0.05, 0.1) is 5.56 Å². The minimum Gasteiger partial charge on any atom is -0.479 e. The van der Waals surface area contributed by atoms with Crippen molar-refractivity contribution in [3.05, 3.63) is 59.7 Å². The van der Waals surface area contributed by atoms with Crippen LogP contribution < -0.4 is 15.8 Å². The van der Waals surface area contributed by atoms with Gasteiger partial charge in [-0.1, -0.05) is 38.1 Å². The van der Waals surface area contributed by atoms with E-state index < -0.39 is 6.10 Å². The van der Waals surface area contributed by atoms with E-state index in [1.807, 2.05) is 38.1 Å². The third-order valence-corrected chi connectivity index (χ3v) is 5.72. The molecule has 2 amide bonds. The summed E-state index contributed by atoms with van der Waals surface area (Å²) < 4.78 is 5.93. The Morgan fingerprint density at radius 1 is 1.19 bits per heavy atom. The quantitative estimate of drug-likeness (QED) is 0.663. The Kier molecular flexibility index (Phi) is 7.85. The van der Waals surface area contributed by atoms with Crippen LogP contribution in [0.25, 0.3) is 0 Å². The molecule has 1 heterocycles. The minimum atomic E-state index is -0.735. The largest absolute Gasteiger partial charge is 0.479 e. The number of likely N-dealkylation sites (tertiary alicyclic amines) is 1. The first-order valence-electron chi connectivity index (χ1n) is 10.9. The van der Waals surface area contributed by atoms with Gasteiger partial charge in [-0.3, -0.25) is 14.5 Å². The number of carbonyl (C=O) groups excluding carboxylic acids is 2. The van der Waals surface area contributed by atoms with Crippen LogP contribution in [0, 0.1) is 23.2 Å². The summed E-state index contributed by atoms with van der Waals surface area (Å²) in [6, 6.07) is 16.7. The molecule has 168 valence electrons. The Bertz CT molecular complexity index is 991. The van der Waals surface area contributed by atoms with E-state index in [4.69, 9.17) is 10.5 Å². The van der Waals surface area contributed by atoms with Crippen LogP contribution in [-0.2, 0) is 16.1 Å². The maximum atomic E-state index is 13.0. The van der Waals surface area contributed by atoms with Gasteiger partial charge in [0.15, 0.2) is 6.10 Å². The average molecular weight is 435 g/mol. The number of carbonyl (C=O) groups is 2. The number of nitrogens with two attached hydrogens (primary N) is 1. The maximum Gasteiger partial charge on any atom is 0.265 e. The predicted molar refractivity (Wildman–Crippen MR) is 123 cm³/mol. The van der Waals surface area contributed by atoms with Crippen LogP contribution in [0.4, 0.5) is 5.69 Å². The average Bonchev–Trinajstić information content (AvgIpc) is 2.78. The van der Waals surface area contributed by atoms with E-state index in [1.165, 1.54) is 0 Å². The van der Waals surface area contributed by atoms with E-state index in [-0.39, 0.29) is 23.7 Å². The number of amides is 2. The summed E-state index contributed by atoms with van der Waals surface area (Å²) >= 11 is 0. The normalized spacial score (nSPS) is 15.7. The van der Waals surface area contributed by atoms with Crippen molar-refractivity contribution in [2.75, 3.05) is 18.4 Å². The molecule has 32 heavy (non-hydrogen) atoms. The number of ether oxygens (including phenoxy) is 1. The van der Waals surface area contributed by atoms with E-state index in [9.17, 15) is 14.9 Å². The molecule has 0 bridgehead atoms. The van der Waals surface area contributed by atoms with Gasteiger partial charge in [-0.05, 0) is 61.7 Å². The molecule has 7 nitrogen and oxygen atoms in total. The van der Waals surface area contributed by atoms with Crippen molar-refractivity contribution in [3.63, 3.8) is 0 Å². The van der Waals surface area contributed by atoms with Crippen molar-refractivity contribution in [2.24, 2.45) is 17.6 Å². The number of hydrogen-bond acceptors (Lipinski definition) is 5. The molecule has 0 aromatic heterocycles. The summed E-state index contributed by atoms with van der Waals surface area (Å²) in [7, 11) is 0. The van der Waals surface area contributed by atoms with E-state index >= 15 is 0 Å². The molecule has 1 aliphatic heterocycles. The Labute approximate surface area is 189 Å². The molecule has 1 aliphatic rings. The molecular weight excluding hydrogens is 404 g/mol. The summed E-state index contributed by atoms with van der Waals surface area (Å²) in [5, 5.41) is 12.2. The number of nitrogens with zero attached hydrogens (tertiary/aromatic N) is 2. The molecular formula is C25H30N4O3. The fourth-order valence-corrected chi connectivity index (χ4v) is 3.89. The Morgan fingerprint density at radius 2 is 1.91 bits per heavy atom. The van der Waals surface area contributed by atoms with Gasteiger partial charge in [-0.2, -0.15) is 5.26 Å². The minimum absolute atomic E-state index is 0.0315. The summed E-state index contributed by atoms with van der Waals surface area (Å²) in [4.78, 5) is 26.6. The first-order valence-corrected chi connectivity index (χ1v) is 10.9. The van der Waals surface area contributed by atoms with E-state index in [1.54, 1.807) is 24.3 Å². The van der Waals surface area contributed by atoms with Crippen molar-refractivity contribution in [3.8, 4) is 11.8 Å². The van der Waals surface area contributed by atoms with Crippen molar-refractivity contribution >= 4 is 17.5 Å².